The fourth-order valence-electron chi connectivity index (χ4n) is 3.45. The Labute approximate surface area is 148 Å². The standard InChI is InChI=1S/C21H25NO3/c23-13-7-1-2-8-14-25-21(24)22-15-20-18-11-5-3-9-16(18)17-10-4-6-12-19(17)20/h3-6,9-12,20,23H,1-2,7-8,13-15H2,(H,22,24). The summed E-state index contributed by atoms with van der Waals surface area (Å²) in [4.78, 5) is 11.9. The van der Waals surface area contributed by atoms with Gasteiger partial charge in [0.1, 0.15) is 0 Å². The largest absolute Gasteiger partial charge is 0.450 e. The van der Waals surface area contributed by atoms with Crippen molar-refractivity contribution in [1.82, 2.24) is 5.32 Å². The molecule has 0 aromatic heterocycles. The average Bonchev–Trinajstić information content (AvgIpc) is 2.97. The van der Waals surface area contributed by atoms with E-state index in [0.717, 1.165) is 25.7 Å². The molecule has 0 atom stereocenters. The van der Waals surface area contributed by atoms with Crippen LogP contribution < -0.4 is 5.32 Å². The maximum Gasteiger partial charge on any atom is 0.407 e. The number of aliphatic hydroxyl groups is 1. The molecule has 1 aliphatic carbocycles. The molecule has 0 unspecified atom stereocenters. The summed E-state index contributed by atoms with van der Waals surface area (Å²) in [6, 6.07) is 16.7. The third kappa shape index (κ3) is 4.20. The SMILES string of the molecule is O=C(NCC1c2ccccc2-c2ccccc21)OCCCCCCO. The number of nitrogens with one attached hydrogen (secondary N) is 1. The van der Waals surface area contributed by atoms with Crippen LogP contribution in [-0.2, 0) is 4.74 Å². The van der Waals surface area contributed by atoms with Gasteiger partial charge >= 0.3 is 6.09 Å². The second-order valence-corrected chi connectivity index (χ2v) is 6.38. The predicted octanol–water partition coefficient (Wildman–Crippen LogP) is 4.08. The van der Waals surface area contributed by atoms with Crippen molar-refractivity contribution in [2.75, 3.05) is 19.8 Å². The second-order valence-electron chi connectivity index (χ2n) is 6.38. The second kappa shape index (κ2) is 8.67. The average molecular weight is 339 g/mol. The van der Waals surface area contributed by atoms with Crippen LogP contribution >= 0.6 is 0 Å². The number of rotatable bonds is 8. The third-order valence-electron chi connectivity index (χ3n) is 4.70. The first-order chi connectivity index (χ1) is 12.3. The van der Waals surface area contributed by atoms with Crippen molar-refractivity contribution in [3.05, 3.63) is 59.7 Å². The lowest BCUT2D eigenvalue weighted by Gasteiger charge is -2.14. The van der Waals surface area contributed by atoms with Crippen molar-refractivity contribution in [1.29, 1.82) is 0 Å². The van der Waals surface area contributed by atoms with Gasteiger partial charge in [0.05, 0.1) is 6.61 Å². The van der Waals surface area contributed by atoms with Crippen LogP contribution in [0.1, 0.15) is 42.7 Å². The zero-order valence-electron chi connectivity index (χ0n) is 14.4. The van der Waals surface area contributed by atoms with E-state index in [1.807, 2.05) is 12.1 Å². The Bertz CT molecular complexity index is 668. The molecule has 0 saturated carbocycles. The van der Waals surface area contributed by atoms with Crippen LogP contribution in [0.25, 0.3) is 11.1 Å². The molecule has 1 amide bonds. The summed E-state index contributed by atoms with van der Waals surface area (Å²) in [5.74, 6) is 0.171. The van der Waals surface area contributed by atoms with Gasteiger partial charge in [-0.15, -0.1) is 0 Å². The van der Waals surface area contributed by atoms with Gasteiger partial charge in [0.2, 0.25) is 0 Å². The van der Waals surface area contributed by atoms with Crippen LogP contribution in [0.5, 0.6) is 0 Å². The lowest BCUT2D eigenvalue weighted by atomic mass is 9.97. The highest BCUT2D eigenvalue weighted by atomic mass is 16.5. The lowest BCUT2D eigenvalue weighted by Crippen LogP contribution is -2.29. The summed E-state index contributed by atoms with van der Waals surface area (Å²) in [7, 11) is 0. The Kier molecular flexibility index (Phi) is 6.07. The van der Waals surface area contributed by atoms with Crippen molar-refractivity contribution < 1.29 is 14.6 Å². The van der Waals surface area contributed by atoms with Gasteiger partial charge in [-0.3, -0.25) is 0 Å². The molecule has 0 fully saturated rings. The van der Waals surface area contributed by atoms with E-state index in [9.17, 15) is 4.79 Å². The summed E-state index contributed by atoms with van der Waals surface area (Å²) >= 11 is 0. The molecular weight excluding hydrogens is 314 g/mol. The van der Waals surface area contributed by atoms with Gasteiger partial charge < -0.3 is 15.2 Å². The normalized spacial score (nSPS) is 12.5. The Morgan fingerprint density at radius 3 is 2.16 bits per heavy atom. The first kappa shape index (κ1) is 17.5. The van der Waals surface area contributed by atoms with Crippen LogP contribution in [0.4, 0.5) is 4.79 Å². The van der Waals surface area contributed by atoms with Gasteiger partial charge in [-0.2, -0.15) is 0 Å². The van der Waals surface area contributed by atoms with Gasteiger partial charge in [-0.05, 0) is 41.5 Å². The van der Waals surface area contributed by atoms with Crippen molar-refractivity contribution in [2.45, 2.75) is 31.6 Å². The zero-order chi connectivity index (χ0) is 17.5. The predicted molar refractivity (Wildman–Crippen MR) is 98.6 cm³/mol. The van der Waals surface area contributed by atoms with Crippen LogP contribution in [0.2, 0.25) is 0 Å². The van der Waals surface area contributed by atoms with E-state index in [1.165, 1.54) is 22.3 Å². The molecule has 4 nitrogen and oxygen atoms in total. The Morgan fingerprint density at radius 1 is 0.920 bits per heavy atom. The fourth-order valence-corrected chi connectivity index (χ4v) is 3.45. The van der Waals surface area contributed by atoms with Crippen LogP contribution in [0.3, 0.4) is 0 Å². The number of fused-ring (bicyclic) bond motifs is 3. The van der Waals surface area contributed by atoms with E-state index in [4.69, 9.17) is 9.84 Å². The summed E-state index contributed by atoms with van der Waals surface area (Å²) in [6.07, 6.45) is 3.23. The molecule has 2 N–H and O–H groups in total. The number of aliphatic hydroxyl groups excluding tert-OH is 1. The highest BCUT2D eigenvalue weighted by Gasteiger charge is 2.28. The van der Waals surface area contributed by atoms with Crippen molar-refractivity contribution in [3.63, 3.8) is 0 Å². The molecule has 0 radical (unpaired) electrons. The Balaban J connectivity index is 1.52. The van der Waals surface area contributed by atoms with Crippen molar-refractivity contribution in [2.24, 2.45) is 0 Å². The van der Waals surface area contributed by atoms with E-state index in [0.29, 0.717) is 13.2 Å². The maximum absolute atomic E-state index is 11.9. The van der Waals surface area contributed by atoms with Gasteiger partial charge in [0.15, 0.2) is 0 Å². The molecular formula is C21H25NO3. The molecule has 0 aliphatic heterocycles. The molecule has 0 spiro atoms. The summed E-state index contributed by atoms with van der Waals surface area (Å²) < 4.78 is 5.25. The highest BCUT2D eigenvalue weighted by molar-refractivity contribution is 5.79. The Hall–Kier alpha value is -2.33. The van der Waals surface area contributed by atoms with E-state index in [-0.39, 0.29) is 18.6 Å². The molecule has 1 aliphatic rings. The molecule has 4 heteroatoms. The van der Waals surface area contributed by atoms with E-state index in [2.05, 4.69) is 41.7 Å². The molecule has 3 rings (SSSR count). The monoisotopic (exact) mass is 339 g/mol. The number of carbonyl (C=O) groups is 1. The lowest BCUT2D eigenvalue weighted by molar-refractivity contribution is 0.143. The number of amides is 1. The smallest absolute Gasteiger partial charge is 0.407 e. The minimum absolute atomic E-state index is 0.171. The summed E-state index contributed by atoms with van der Waals surface area (Å²) in [6.45, 7) is 1.19. The minimum Gasteiger partial charge on any atom is -0.450 e. The molecule has 132 valence electrons. The van der Waals surface area contributed by atoms with Gasteiger partial charge in [-0.25, -0.2) is 4.79 Å². The summed E-state index contributed by atoms with van der Waals surface area (Å²) in [5.41, 5.74) is 5.02. The van der Waals surface area contributed by atoms with Crippen molar-refractivity contribution in [3.8, 4) is 11.1 Å². The maximum atomic E-state index is 11.9. The first-order valence-corrected chi connectivity index (χ1v) is 9.01. The number of hydrogen-bond donors (Lipinski definition) is 2. The van der Waals surface area contributed by atoms with E-state index in [1.54, 1.807) is 0 Å². The van der Waals surface area contributed by atoms with Crippen LogP contribution in [0, 0.1) is 0 Å². The molecule has 0 saturated heterocycles. The molecule has 2 aromatic rings. The number of ether oxygens (including phenoxy) is 1. The summed E-state index contributed by atoms with van der Waals surface area (Å²) in [5, 5.41) is 11.6. The molecule has 2 aromatic carbocycles. The van der Waals surface area contributed by atoms with Crippen molar-refractivity contribution >= 4 is 6.09 Å². The molecule has 0 heterocycles. The molecule has 25 heavy (non-hydrogen) atoms. The first-order valence-electron chi connectivity index (χ1n) is 9.01. The van der Waals surface area contributed by atoms with Crippen LogP contribution in [-0.4, -0.2) is 31.0 Å². The Morgan fingerprint density at radius 2 is 1.52 bits per heavy atom. The number of carbonyl (C=O) groups excluding carboxylic acids is 1. The quantitative estimate of drug-likeness (QED) is 0.713. The number of unbranched alkanes of at least 4 members (excludes halogenated alkanes) is 3. The van der Waals surface area contributed by atoms with E-state index >= 15 is 0 Å². The minimum atomic E-state index is -0.357. The number of alkyl carbamates (subject to hydrolysis) is 1. The van der Waals surface area contributed by atoms with Crippen LogP contribution in [0.15, 0.2) is 48.5 Å². The van der Waals surface area contributed by atoms with E-state index < -0.39 is 0 Å². The topological polar surface area (TPSA) is 58.6 Å². The third-order valence-corrected chi connectivity index (χ3v) is 4.70. The van der Waals surface area contributed by atoms with Gasteiger partial charge in [-0.1, -0.05) is 55.0 Å². The fraction of sp³-hybridized carbons (Fsp3) is 0.381. The molecule has 0 bridgehead atoms. The van der Waals surface area contributed by atoms with Gasteiger partial charge in [0.25, 0.3) is 0 Å². The number of benzene rings is 2. The number of hydrogen-bond acceptors (Lipinski definition) is 3. The zero-order valence-corrected chi connectivity index (χ0v) is 14.4. The highest BCUT2D eigenvalue weighted by Crippen LogP contribution is 2.43. The van der Waals surface area contributed by atoms with Gasteiger partial charge in [0, 0.05) is 19.1 Å².